The topological polar surface area (TPSA) is 73.4 Å². The molecule has 0 saturated heterocycles. The van der Waals surface area contributed by atoms with Gasteiger partial charge in [-0.15, -0.1) is 0 Å². The van der Waals surface area contributed by atoms with E-state index in [-0.39, 0.29) is 13.1 Å². The number of hydrogen-bond acceptors (Lipinski definition) is 3. The van der Waals surface area contributed by atoms with Crippen molar-refractivity contribution in [3.8, 4) is 0 Å². The molecule has 118 valence electrons. The van der Waals surface area contributed by atoms with Gasteiger partial charge >= 0.3 is 6.18 Å². The number of nitrogens with one attached hydrogen (secondary N) is 1. The number of carbonyl (C=O) groups excluding carboxylic acids is 1. The standard InChI is InChI=1S/C13H17F3N2O3/c1-4-18(7-12(2,3)21)11(20)8-5-6-9(13(14,15)16)17-10(8)19/h5-6,21H,4,7H2,1-3H3,(H,17,19). The van der Waals surface area contributed by atoms with E-state index in [1.54, 1.807) is 11.9 Å². The van der Waals surface area contributed by atoms with Gasteiger partial charge in [0.1, 0.15) is 11.3 Å². The summed E-state index contributed by atoms with van der Waals surface area (Å²) in [5.41, 5.74) is -3.89. The maximum absolute atomic E-state index is 12.4. The van der Waals surface area contributed by atoms with Crippen molar-refractivity contribution in [1.29, 1.82) is 0 Å². The molecule has 0 aromatic carbocycles. The first-order valence-electron chi connectivity index (χ1n) is 6.28. The number of H-pyrrole nitrogens is 1. The van der Waals surface area contributed by atoms with Gasteiger partial charge in [0.25, 0.3) is 11.5 Å². The van der Waals surface area contributed by atoms with E-state index in [4.69, 9.17) is 0 Å². The highest BCUT2D eigenvalue weighted by Crippen LogP contribution is 2.26. The summed E-state index contributed by atoms with van der Waals surface area (Å²) in [7, 11) is 0. The molecule has 0 aliphatic carbocycles. The van der Waals surface area contributed by atoms with E-state index in [0.29, 0.717) is 6.07 Å². The summed E-state index contributed by atoms with van der Waals surface area (Å²) in [6.07, 6.45) is -4.68. The lowest BCUT2D eigenvalue weighted by Gasteiger charge is -2.28. The molecule has 0 aliphatic rings. The molecule has 0 fully saturated rings. The molecule has 5 nitrogen and oxygen atoms in total. The number of aliphatic hydroxyl groups is 1. The Bertz CT molecular complexity index is 573. The molecule has 1 aromatic heterocycles. The van der Waals surface area contributed by atoms with Crippen LogP contribution in [0.4, 0.5) is 13.2 Å². The number of hydrogen-bond donors (Lipinski definition) is 2. The van der Waals surface area contributed by atoms with Crippen molar-refractivity contribution >= 4 is 5.91 Å². The smallest absolute Gasteiger partial charge is 0.389 e. The Balaban J connectivity index is 3.10. The second-order valence-corrected chi connectivity index (χ2v) is 5.24. The molecule has 0 aliphatic heterocycles. The first-order valence-corrected chi connectivity index (χ1v) is 6.28. The molecule has 1 aromatic rings. The minimum absolute atomic E-state index is 0.0389. The number of rotatable bonds is 4. The van der Waals surface area contributed by atoms with Gasteiger partial charge in [0, 0.05) is 13.1 Å². The minimum Gasteiger partial charge on any atom is -0.389 e. The Morgan fingerprint density at radius 2 is 1.90 bits per heavy atom. The summed E-state index contributed by atoms with van der Waals surface area (Å²) in [6, 6.07) is 1.49. The Hall–Kier alpha value is -1.83. The maximum Gasteiger partial charge on any atom is 0.431 e. The van der Waals surface area contributed by atoms with Gasteiger partial charge in [-0.1, -0.05) is 0 Å². The average molecular weight is 306 g/mol. The van der Waals surface area contributed by atoms with Crippen LogP contribution < -0.4 is 5.56 Å². The summed E-state index contributed by atoms with van der Waals surface area (Å²) in [4.78, 5) is 26.6. The lowest BCUT2D eigenvalue weighted by Crippen LogP contribution is -2.43. The largest absolute Gasteiger partial charge is 0.431 e. The number of aromatic nitrogens is 1. The van der Waals surface area contributed by atoms with Gasteiger partial charge in [-0.2, -0.15) is 13.2 Å². The van der Waals surface area contributed by atoms with Crippen molar-refractivity contribution < 1.29 is 23.1 Å². The van der Waals surface area contributed by atoms with Crippen molar-refractivity contribution in [2.75, 3.05) is 13.1 Å². The second kappa shape index (κ2) is 5.88. The second-order valence-electron chi connectivity index (χ2n) is 5.24. The fourth-order valence-corrected chi connectivity index (χ4v) is 1.77. The van der Waals surface area contributed by atoms with Crippen molar-refractivity contribution in [1.82, 2.24) is 9.88 Å². The van der Waals surface area contributed by atoms with Gasteiger partial charge in [0.2, 0.25) is 0 Å². The van der Waals surface area contributed by atoms with Crippen LogP contribution in [0.5, 0.6) is 0 Å². The minimum atomic E-state index is -4.68. The van der Waals surface area contributed by atoms with Crippen molar-refractivity contribution in [3.05, 3.63) is 33.7 Å². The molecule has 2 N–H and O–H groups in total. The van der Waals surface area contributed by atoms with Crippen LogP contribution in [0.1, 0.15) is 36.8 Å². The summed E-state index contributed by atoms with van der Waals surface area (Å²) in [5, 5.41) is 9.71. The molecule has 8 heteroatoms. The van der Waals surface area contributed by atoms with Crippen molar-refractivity contribution in [3.63, 3.8) is 0 Å². The zero-order valence-electron chi connectivity index (χ0n) is 11.9. The summed E-state index contributed by atoms with van der Waals surface area (Å²) >= 11 is 0. The normalized spacial score (nSPS) is 12.3. The highest BCUT2D eigenvalue weighted by molar-refractivity contribution is 5.93. The van der Waals surface area contributed by atoms with E-state index >= 15 is 0 Å². The summed E-state index contributed by atoms with van der Waals surface area (Å²) in [5.74, 6) is -0.727. The third-order valence-corrected chi connectivity index (χ3v) is 2.69. The molecular weight excluding hydrogens is 289 g/mol. The van der Waals surface area contributed by atoms with Gasteiger partial charge in [-0.25, -0.2) is 0 Å². The fourth-order valence-electron chi connectivity index (χ4n) is 1.77. The molecule has 0 saturated carbocycles. The third-order valence-electron chi connectivity index (χ3n) is 2.69. The number of nitrogens with zero attached hydrogens (tertiary/aromatic N) is 1. The Labute approximate surface area is 119 Å². The number of alkyl halides is 3. The van der Waals surface area contributed by atoms with Gasteiger partial charge in [0.05, 0.1) is 5.60 Å². The first-order chi connectivity index (χ1) is 9.45. The van der Waals surface area contributed by atoms with Crippen LogP contribution in [0.2, 0.25) is 0 Å². The number of likely N-dealkylation sites (N-methyl/N-ethyl adjacent to an activating group) is 1. The van der Waals surface area contributed by atoms with Crippen LogP contribution in [0.25, 0.3) is 0 Å². The Morgan fingerprint density at radius 3 is 2.29 bits per heavy atom. The van der Waals surface area contributed by atoms with Crippen LogP contribution in [0, 0.1) is 0 Å². The zero-order chi connectivity index (χ0) is 16.4. The van der Waals surface area contributed by atoms with Gasteiger partial charge in [-0.3, -0.25) is 9.59 Å². The predicted molar refractivity (Wildman–Crippen MR) is 69.9 cm³/mol. The molecule has 21 heavy (non-hydrogen) atoms. The molecule has 1 heterocycles. The fraction of sp³-hybridized carbons (Fsp3) is 0.538. The lowest BCUT2D eigenvalue weighted by molar-refractivity contribution is -0.141. The molecule has 1 amide bonds. The Kier molecular flexibility index (Phi) is 4.83. The number of aromatic amines is 1. The van der Waals surface area contributed by atoms with E-state index in [0.717, 1.165) is 6.07 Å². The van der Waals surface area contributed by atoms with E-state index in [1.807, 2.05) is 0 Å². The highest BCUT2D eigenvalue weighted by Gasteiger charge is 2.33. The average Bonchev–Trinajstić information content (AvgIpc) is 2.32. The quantitative estimate of drug-likeness (QED) is 0.888. The lowest BCUT2D eigenvalue weighted by atomic mass is 10.1. The number of amides is 1. The zero-order valence-corrected chi connectivity index (χ0v) is 11.9. The summed E-state index contributed by atoms with van der Waals surface area (Å²) < 4.78 is 37.3. The molecule has 0 atom stereocenters. The number of carbonyl (C=O) groups is 1. The van der Waals surface area contributed by atoms with E-state index in [2.05, 4.69) is 0 Å². The monoisotopic (exact) mass is 306 g/mol. The molecule has 0 radical (unpaired) electrons. The number of pyridine rings is 1. The molecular formula is C13H17F3N2O3. The predicted octanol–water partition coefficient (Wildman–Crippen LogP) is 1.63. The number of halogens is 3. The van der Waals surface area contributed by atoms with Gasteiger partial charge < -0.3 is 15.0 Å². The van der Waals surface area contributed by atoms with Crippen molar-refractivity contribution in [2.45, 2.75) is 32.5 Å². The van der Waals surface area contributed by atoms with Crippen LogP contribution in [0.3, 0.4) is 0 Å². The first kappa shape index (κ1) is 17.2. The van der Waals surface area contributed by atoms with E-state index in [9.17, 15) is 27.9 Å². The van der Waals surface area contributed by atoms with Crippen LogP contribution in [0.15, 0.2) is 16.9 Å². The van der Waals surface area contributed by atoms with Gasteiger partial charge in [0.15, 0.2) is 0 Å². The SMILES string of the molecule is CCN(CC(C)(C)O)C(=O)c1ccc(C(F)(F)F)[nH]c1=O. The summed E-state index contributed by atoms with van der Waals surface area (Å²) in [6.45, 7) is 4.79. The van der Waals surface area contributed by atoms with E-state index in [1.165, 1.54) is 18.7 Å². The molecule has 0 spiro atoms. The van der Waals surface area contributed by atoms with Crippen LogP contribution in [-0.2, 0) is 6.18 Å². The van der Waals surface area contributed by atoms with Crippen LogP contribution in [-0.4, -0.2) is 39.6 Å². The Morgan fingerprint density at radius 1 is 1.33 bits per heavy atom. The highest BCUT2D eigenvalue weighted by atomic mass is 19.4. The third kappa shape index (κ3) is 4.59. The maximum atomic E-state index is 12.4. The molecule has 0 unspecified atom stereocenters. The molecule has 1 rings (SSSR count). The van der Waals surface area contributed by atoms with E-state index < -0.39 is 34.5 Å². The van der Waals surface area contributed by atoms with Gasteiger partial charge in [-0.05, 0) is 32.9 Å². The van der Waals surface area contributed by atoms with Crippen LogP contribution >= 0.6 is 0 Å². The molecule has 0 bridgehead atoms. The van der Waals surface area contributed by atoms with Crippen molar-refractivity contribution in [2.24, 2.45) is 0 Å².